The summed E-state index contributed by atoms with van der Waals surface area (Å²) in [6, 6.07) is 0. The average molecular weight is 285 g/mol. The van der Waals surface area contributed by atoms with Crippen molar-refractivity contribution in [2.45, 2.75) is 77.9 Å². The minimum atomic E-state index is -1.77. The van der Waals surface area contributed by atoms with Crippen LogP contribution in [0.2, 0.25) is 19.6 Å². The summed E-state index contributed by atoms with van der Waals surface area (Å²) in [6.07, 6.45) is 11.6. The lowest BCUT2D eigenvalue weighted by Crippen LogP contribution is -2.32. The van der Waals surface area contributed by atoms with Gasteiger partial charge in [0.15, 0.2) is 0 Å². The van der Waals surface area contributed by atoms with Crippen molar-refractivity contribution in [1.29, 1.82) is 0 Å². The topological polar surface area (TPSA) is 26.3 Å². The maximum atomic E-state index is 11.9. The van der Waals surface area contributed by atoms with Gasteiger partial charge in [0, 0.05) is 0 Å². The van der Waals surface area contributed by atoms with Gasteiger partial charge in [0.25, 0.3) is 5.97 Å². The summed E-state index contributed by atoms with van der Waals surface area (Å²) in [5.74, 6) is -0.178. The van der Waals surface area contributed by atoms with Crippen LogP contribution in [0.1, 0.15) is 58.3 Å². The van der Waals surface area contributed by atoms with Crippen molar-refractivity contribution >= 4 is 14.3 Å². The zero-order valence-electron chi connectivity index (χ0n) is 13.3. The van der Waals surface area contributed by atoms with Crippen LogP contribution >= 0.6 is 0 Å². The van der Waals surface area contributed by atoms with E-state index in [2.05, 4.69) is 13.5 Å². The summed E-state index contributed by atoms with van der Waals surface area (Å²) < 4.78 is 5.53. The lowest BCUT2D eigenvalue weighted by Gasteiger charge is -2.21. The Morgan fingerprint density at radius 3 is 2.11 bits per heavy atom. The second kappa shape index (κ2) is 10.2. The molecule has 2 nitrogen and oxygen atoms in total. The number of hydrogen-bond acceptors (Lipinski definition) is 2. The van der Waals surface area contributed by atoms with E-state index in [1.807, 2.05) is 19.6 Å². The highest BCUT2D eigenvalue weighted by atomic mass is 28.4. The Hall–Kier alpha value is -0.573. The van der Waals surface area contributed by atoms with Gasteiger partial charge < -0.3 is 4.43 Å². The van der Waals surface area contributed by atoms with Crippen LogP contribution in [0.3, 0.4) is 0 Å². The molecule has 0 amide bonds. The van der Waals surface area contributed by atoms with E-state index in [-0.39, 0.29) is 11.9 Å². The molecule has 112 valence electrons. The number of carbonyl (C=O) groups is 1. The van der Waals surface area contributed by atoms with Gasteiger partial charge >= 0.3 is 0 Å². The van der Waals surface area contributed by atoms with Crippen LogP contribution in [0.4, 0.5) is 0 Å². The van der Waals surface area contributed by atoms with Crippen LogP contribution in [0, 0.1) is 5.92 Å². The van der Waals surface area contributed by atoms with Gasteiger partial charge in [0.2, 0.25) is 8.32 Å². The van der Waals surface area contributed by atoms with E-state index in [9.17, 15) is 4.79 Å². The maximum Gasteiger partial charge on any atom is 0.299 e. The molecule has 0 aliphatic heterocycles. The summed E-state index contributed by atoms with van der Waals surface area (Å²) in [4.78, 5) is 11.9. The van der Waals surface area contributed by atoms with Crippen molar-refractivity contribution in [1.82, 2.24) is 0 Å². The lowest BCUT2D eigenvalue weighted by atomic mass is 10.0. The van der Waals surface area contributed by atoms with Crippen LogP contribution in [0.25, 0.3) is 0 Å². The molecule has 0 aromatic rings. The Bertz CT molecular complexity index is 256. The van der Waals surface area contributed by atoms with Crippen LogP contribution in [-0.4, -0.2) is 14.3 Å². The van der Waals surface area contributed by atoms with Crippen molar-refractivity contribution in [2.75, 3.05) is 0 Å². The van der Waals surface area contributed by atoms with Crippen LogP contribution in [-0.2, 0) is 9.22 Å². The molecule has 0 spiro atoms. The minimum Gasteiger partial charge on any atom is -0.519 e. The number of hydrogen-bond donors (Lipinski definition) is 0. The summed E-state index contributed by atoms with van der Waals surface area (Å²) in [5, 5.41) is 0. The van der Waals surface area contributed by atoms with Gasteiger partial charge in [-0.15, -0.1) is 6.58 Å². The molecule has 0 bridgehead atoms. The molecule has 0 aromatic carbocycles. The van der Waals surface area contributed by atoms with Gasteiger partial charge in [-0.2, -0.15) is 0 Å². The number of rotatable bonds is 11. The van der Waals surface area contributed by atoms with E-state index in [1.54, 1.807) is 6.08 Å². The van der Waals surface area contributed by atoms with Crippen molar-refractivity contribution < 1.29 is 9.22 Å². The highest BCUT2D eigenvalue weighted by molar-refractivity contribution is 6.71. The van der Waals surface area contributed by atoms with Gasteiger partial charge in [0.1, 0.15) is 0 Å². The van der Waals surface area contributed by atoms with Crippen molar-refractivity contribution in [2.24, 2.45) is 5.92 Å². The van der Waals surface area contributed by atoms with Gasteiger partial charge in [-0.05, 0) is 26.1 Å². The monoisotopic (exact) mass is 284 g/mol. The quantitative estimate of drug-likeness (QED) is 0.292. The van der Waals surface area contributed by atoms with Crippen LogP contribution in [0.15, 0.2) is 12.7 Å². The summed E-state index contributed by atoms with van der Waals surface area (Å²) in [6.45, 7) is 12.1. The first kappa shape index (κ1) is 18.4. The summed E-state index contributed by atoms with van der Waals surface area (Å²) in [5.41, 5.74) is 0. The SMILES string of the molecule is C=CC(CCCCCCCCC)C(=O)O[Si](C)(C)C. The standard InChI is InChI=1S/C16H32O2Si/c1-6-8-9-10-11-12-13-14-15(7-2)16(17)18-19(3,4)5/h7,15H,2,6,8-14H2,1,3-5H3. The van der Waals surface area contributed by atoms with Gasteiger partial charge in [-0.3, -0.25) is 4.79 Å². The molecule has 0 aliphatic carbocycles. The lowest BCUT2D eigenvalue weighted by molar-refractivity contribution is -0.138. The third-order valence-corrected chi connectivity index (χ3v) is 3.93. The van der Waals surface area contributed by atoms with Gasteiger partial charge in [-0.25, -0.2) is 0 Å². The molecule has 0 heterocycles. The predicted molar refractivity (Wildman–Crippen MR) is 85.7 cm³/mol. The molecule has 0 rings (SSSR count). The largest absolute Gasteiger partial charge is 0.519 e. The van der Waals surface area contributed by atoms with Crippen LogP contribution < -0.4 is 0 Å². The Morgan fingerprint density at radius 1 is 1.11 bits per heavy atom. The second-order valence-electron chi connectivity index (χ2n) is 6.29. The van der Waals surface area contributed by atoms with E-state index in [4.69, 9.17) is 4.43 Å². The Morgan fingerprint density at radius 2 is 1.63 bits per heavy atom. The van der Waals surface area contributed by atoms with E-state index < -0.39 is 8.32 Å². The molecule has 0 saturated heterocycles. The Kier molecular flexibility index (Phi) is 9.93. The third kappa shape index (κ3) is 11.0. The van der Waals surface area contributed by atoms with Crippen LogP contribution in [0.5, 0.6) is 0 Å². The molecular formula is C16H32O2Si. The summed E-state index contributed by atoms with van der Waals surface area (Å²) in [7, 11) is -1.77. The van der Waals surface area contributed by atoms with Crippen molar-refractivity contribution in [3.8, 4) is 0 Å². The molecule has 0 fully saturated rings. The fourth-order valence-electron chi connectivity index (χ4n) is 2.03. The van der Waals surface area contributed by atoms with Gasteiger partial charge in [-0.1, -0.05) is 57.9 Å². The first-order valence-corrected chi connectivity index (χ1v) is 11.2. The Labute approximate surface area is 120 Å². The van der Waals surface area contributed by atoms with E-state index in [0.717, 1.165) is 12.8 Å². The molecule has 19 heavy (non-hydrogen) atoms. The van der Waals surface area contributed by atoms with Crippen molar-refractivity contribution in [3.63, 3.8) is 0 Å². The zero-order valence-corrected chi connectivity index (χ0v) is 14.3. The number of carbonyl (C=O) groups excluding carboxylic acids is 1. The smallest absolute Gasteiger partial charge is 0.299 e. The molecule has 0 radical (unpaired) electrons. The highest BCUT2D eigenvalue weighted by Gasteiger charge is 2.24. The molecule has 1 atom stereocenters. The molecule has 0 aromatic heterocycles. The zero-order chi connectivity index (χ0) is 14.7. The molecule has 1 unspecified atom stereocenters. The van der Waals surface area contributed by atoms with Crippen molar-refractivity contribution in [3.05, 3.63) is 12.7 Å². The molecular weight excluding hydrogens is 252 g/mol. The van der Waals surface area contributed by atoms with E-state index in [1.165, 1.54) is 38.5 Å². The Balaban J connectivity index is 3.76. The molecule has 3 heteroatoms. The third-order valence-electron chi connectivity index (χ3n) is 3.11. The first-order valence-electron chi connectivity index (χ1n) is 7.76. The molecule has 0 N–H and O–H groups in total. The highest BCUT2D eigenvalue weighted by Crippen LogP contribution is 2.17. The van der Waals surface area contributed by atoms with Gasteiger partial charge in [0.05, 0.1) is 5.92 Å². The maximum absolute atomic E-state index is 11.9. The minimum absolute atomic E-state index is 0.0693. The predicted octanol–water partition coefficient (Wildman–Crippen LogP) is 5.31. The summed E-state index contributed by atoms with van der Waals surface area (Å²) >= 11 is 0. The average Bonchev–Trinajstić information content (AvgIpc) is 2.30. The van der Waals surface area contributed by atoms with E-state index >= 15 is 0 Å². The first-order chi connectivity index (χ1) is 8.90. The normalized spacial score (nSPS) is 13.1. The fraction of sp³-hybridized carbons (Fsp3) is 0.812. The second-order valence-corrected chi connectivity index (χ2v) is 10.7. The fourth-order valence-corrected chi connectivity index (χ4v) is 2.79. The molecule has 0 aliphatic rings. The molecule has 0 saturated carbocycles. The van der Waals surface area contributed by atoms with E-state index in [0.29, 0.717) is 0 Å². The number of unbranched alkanes of at least 4 members (excludes halogenated alkanes) is 6.